The lowest BCUT2D eigenvalue weighted by Crippen LogP contribution is -2.26. The molecule has 0 aliphatic rings. The van der Waals surface area contributed by atoms with Crippen LogP contribution in [0.5, 0.6) is 11.5 Å². The average molecular weight is 403 g/mol. The van der Waals surface area contributed by atoms with Crippen LogP contribution in [0, 0.1) is 0 Å². The molecular weight excluding hydrogens is 382 g/mol. The van der Waals surface area contributed by atoms with Crippen LogP contribution < -0.4 is 20.2 Å². The van der Waals surface area contributed by atoms with E-state index in [1.165, 1.54) is 6.21 Å². The molecule has 30 heavy (non-hydrogen) atoms. The van der Waals surface area contributed by atoms with Crippen LogP contribution in [0.25, 0.3) is 0 Å². The maximum absolute atomic E-state index is 12.0. The van der Waals surface area contributed by atoms with E-state index in [9.17, 15) is 9.59 Å². The number of carbonyl (C=O) groups excluding carboxylic acids is 2. The highest BCUT2D eigenvalue weighted by Gasteiger charge is 2.07. The molecule has 0 aliphatic carbocycles. The van der Waals surface area contributed by atoms with Crippen molar-refractivity contribution in [2.75, 3.05) is 19.0 Å². The van der Waals surface area contributed by atoms with Gasteiger partial charge in [0.15, 0.2) is 0 Å². The molecule has 3 rings (SSSR count). The molecule has 7 heteroatoms. The molecule has 0 saturated carbocycles. The van der Waals surface area contributed by atoms with Crippen molar-refractivity contribution < 1.29 is 19.1 Å². The molecule has 0 bridgehead atoms. The maximum atomic E-state index is 12.0. The average Bonchev–Trinajstić information content (AvgIpc) is 2.79. The third kappa shape index (κ3) is 5.93. The van der Waals surface area contributed by atoms with E-state index in [1.807, 2.05) is 24.3 Å². The fourth-order valence-electron chi connectivity index (χ4n) is 2.55. The zero-order valence-electron chi connectivity index (χ0n) is 16.4. The summed E-state index contributed by atoms with van der Waals surface area (Å²) in [7, 11) is 1.57. The van der Waals surface area contributed by atoms with E-state index in [4.69, 9.17) is 9.47 Å². The monoisotopic (exact) mass is 403 g/mol. The predicted molar refractivity (Wildman–Crippen MR) is 115 cm³/mol. The Morgan fingerprint density at radius 1 is 0.933 bits per heavy atom. The van der Waals surface area contributed by atoms with Gasteiger partial charge >= 0.3 is 5.97 Å². The van der Waals surface area contributed by atoms with E-state index >= 15 is 0 Å². The highest BCUT2D eigenvalue weighted by Crippen LogP contribution is 2.22. The molecule has 3 aromatic carbocycles. The van der Waals surface area contributed by atoms with Gasteiger partial charge in [0.25, 0.3) is 5.91 Å². The van der Waals surface area contributed by atoms with Gasteiger partial charge in [0.1, 0.15) is 11.5 Å². The number of carbonyl (C=O) groups is 2. The van der Waals surface area contributed by atoms with Crippen molar-refractivity contribution >= 4 is 23.8 Å². The lowest BCUT2D eigenvalue weighted by atomic mass is 10.2. The first-order valence-electron chi connectivity index (χ1n) is 9.22. The van der Waals surface area contributed by atoms with Crippen molar-refractivity contribution in [2.24, 2.45) is 5.10 Å². The van der Waals surface area contributed by atoms with Crippen molar-refractivity contribution in [3.05, 3.63) is 90.0 Å². The van der Waals surface area contributed by atoms with E-state index in [0.29, 0.717) is 17.1 Å². The number of rotatable bonds is 8. The van der Waals surface area contributed by atoms with Crippen LogP contribution in [0.2, 0.25) is 0 Å². The number of anilines is 1. The zero-order valence-corrected chi connectivity index (χ0v) is 16.4. The second-order valence-corrected chi connectivity index (χ2v) is 6.17. The normalized spacial score (nSPS) is 10.4. The Balaban J connectivity index is 1.47. The van der Waals surface area contributed by atoms with Gasteiger partial charge in [0.2, 0.25) is 0 Å². The first-order valence-corrected chi connectivity index (χ1v) is 9.22. The van der Waals surface area contributed by atoms with Crippen LogP contribution in [0.15, 0.2) is 84.0 Å². The van der Waals surface area contributed by atoms with E-state index in [2.05, 4.69) is 15.8 Å². The summed E-state index contributed by atoms with van der Waals surface area (Å²) >= 11 is 0. The maximum Gasteiger partial charge on any atom is 0.343 e. The number of hydrogen-bond donors (Lipinski definition) is 2. The zero-order chi connectivity index (χ0) is 21.2. The van der Waals surface area contributed by atoms with Crippen LogP contribution in [-0.2, 0) is 4.79 Å². The molecule has 2 N–H and O–H groups in total. The summed E-state index contributed by atoms with van der Waals surface area (Å²) in [6.45, 7) is 0.0477. The number of methoxy groups -OCH3 is 1. The molecule has 0 unspecified atom stereocenters. The van der Waals surface area contributed by atoms with Gasteiger partial charge in [0.05, 0.1) is 31.1 Å². The fraction of sp³-hybridized carbons (Fsp3) is 0.0870. The molecule has 0 spiro atoms. The third-order valence-corrected chi connectivity index (χ3v) is 4.05. The topological polar surface area (TPSA) is 89.0 Å². The first kappa shape index (κ1) is 20.6. The number of para-hydroxylation sites is 2. The summed E-state index contributed by atoms with van der Waals surface area (Å²) in [5.74, 6) is 0.352. The van der Waals surface area contributed by atoms with Crippen LogP contribution in [0.1, 0.15) is 15.9 Å². The molecule has 152 valence electrons. The number of nitrogens with one attached hydrogen (secondary N) is 2. The quantitative estimate of drug-likeness (QED) is 0.260. The number of benzene rings is 3. The third-order valence-electron chi connectivity index (χ3n) is 4.05. The van der Waals surface area contributed by atoms with Crippen LogP contribution >= 0.6 is 0 Å². The Kier molecular flexibility index (Phi) is 7.16. The van der Waals surface area contributed by atoms with E-state index in [-0.39, 0.29) is 12.5 Å². The Hall–Kier alpha value is -4.13. The van der Waals surface area contributed by atoms with Gasteiger partial charge in [-0.25, -0.2) is 10.2 Å². The van der Waals surface area contributed by atoms with E-state index < -0.39 is 5.97 Å². The number of amides is 1. The summed E-state index contributed by atoms with van der Waals surface area (Å²) < 4.78 is 10.5. The lowest BCUT2D eigenvalue weighted by molar-refractivity contribution is -0.119. The molecule has 0 fully saturated rings. The van der Waals surface area contributed by atoms with Gasteiger partial charge < -0.3 is 14.8 Å². The van der Waals surface area contributed by atoms with Crippen molar-refractivity contribution in [1.82, 2.24) is 5.43 Å². The largest absolute Gasteiger partial charge is 0.495 e. The molecular formula is C23H21N3O4. The molecule has 0 aromatic heterocycles. The second-order valence-electron chi connectivity index (χ2n) is 6.17. The highest BCUT2D eigenvalue weighted by atomic mass is 16.5. The fourth-order valence-corrected chi connectivity index (χ4v) is 2.55. The molecule has 3 aromatic rings. The van der Waals surface area contributed by atoms with Crippen LogP contribution in [0.4, 0.5) is 5.69 Å². The lowest BCUT2D eigenvalue weighted by Gasteiger charge is -2.09. The molecule has 1 amide bonds. The number of ether oxygens (including phenoxy) is 2. The van der Waals surface area contributed by atoms with Gasteiger partial charge in [-0.3, -0.25) is 4.79 Å². The summed E-state index contributed by atoms with van der Waals surface area (Å²) in [5, 5.41) is 6.92. The predicted octanol–water partition coefficient (Wildman–Crippen LogP) is 3.48. The summed E-state index contributed by atoms with van der Waals surface area (Å²) in [6, 6.07) is 22.9. The highest BCUT2D eigenvalue weighted by molar-refractivity contribution is 5.91. The molecule has 0 aliphatic heterocycles. The van der Waals surface area contributed by atoms with Crippen molar-refractivity contribution in [2.45, 2.75) is 0 Å². The minimum absolute atomic E-state index is 0.0477. The smallest absolute Gasteiger partial charge is 0.343 e. The SMILES string of the molecule is COc1ccccc1NCC(=O)NN=Cc1ccc(OC(=O)c2ccccc2)cc1. The van der Waals surface area contributed by atoms with Gasteiger partial charge in [0, 0.05) is 0 Å². The second kappa shape index (κ2) is 10.4. The van der Waals surface area contributed by atoms with Gasteiger partial charge in [-0.2, -0.15) is 5.10 Å². The van der Waals surface area contributed by atoms with E-state index in [0.717, 1.165) is 11.3 Å². The number of esters is 1. The minimum Gasteiger partial charge on any atom is -0.495 e. The molecule has 0 saturated heterocycles. The molecule has 0 atom stereocenters. The Bertz CT molecular complexity index is 1020. The Morgan fingerprint density at radius 3 is 2.37 bits per heavy atom. The minimum atomic E-state index is -0.424. The Labute approximate surface area is 174 Å². The number of hydrazone groups is 1. The van der Waals surface area contributed by atoms with Crippen LogP contribution in [0.3, 0.4) is 0 Å². The van der Waals surface area contributed by atoms with Crippen molar-refractivity contribution in [1.29, 1.82) is 0 Å². The summed E-state index contributed by atoms with van der Waals surface area (Å²) in [4.78, 5) is 24.0. The van der Waals surface area contributed by atoms with Crippen molar-refractivity contribution in [3.63, 3.8) is 0 Å². The van der Waals surface area contributed by atoms with Crippen LogP contribution in [-0.4, -0.2) is 31.7 Å². The van der Waals surface area contributed by atoms with Gasteiger partial charge in [-0.15, -0.1) is 0 Å². The standard InChI is InChI=1S/C23H21N3O4/c1-29-21-10-6-5-9-20(21)24-16-22(27)26-25-15-17-11-13-19(14-12-17)30-23(28)18-7-3-2-4-8-18/h2-15,24H,16H2,1H3,(H,26,27). The first-order chi connectivity index (χ1) is 14.7. The van der Waals surface area contributed by atoms with Crippen molar-refractivity contribution in [3.8, 4) is 11.5 Å². The summed E-state index contributed by atoms with van der Waals surface area (Å²) in [6.07, 6.45) is 1.50. The van der Waals surface area contributed by atoms with Gasteiger partial charge in [-0.05, 0) is 54.1 Å². The summed E-state index contributed by atoms with van der Waals surface area (Å²) in [5.41, 5.74) is 4.39. The van der Waals surface area contributed by atoms with Gasteiger partial charge in [-0.1, -0.05) is 30.3 Å². The van der Waals surface area contributed by atoms with E-state index in [1.54, 1.807) is 61.7 Å². The number of nitrogens with zero attached hydrogens (tertiary/aromatic N) is 1. The number of hydrogen-bond acceptors (Lipinski definition) is 6. The molecule has 7 nitrogen and oxygen atoms in total. The molecule has 0 heterocycles. The molecule has 0 radical (unpaired) electrons. The Morgan fingerprint density at radius 2 is 1.63 bits per heavy atom.